The van der Waals surface area contributed by atoms with Gasteiger partial charge < -0.3 is 10.6 Å². The molecular formula is C15H22ClF2N3O3S. The molecule has 6 nitrogen and oxygen atoms in total. The molecule has 1 amide bonds. The molecule has 1 saturated heterocycles. The first-order chi connectivity index (χ1) is 11.2. The zero-order valence-corrected chi connectivity index (χ0v) is 15.5. The summed E-state index contributed by atoms with van der Waals surface area (Å²) in [6.45, 7) is 2.59. The maximum atomic E-state index is 13.5. The lowest BCUT2D eigenvalue weighted by Gasteiger charge is -2.34. The van der Waals surface area contributed by atoms with Crippen molar-refractivity contribution in [1.82, 2.24) is 15.4 Å². The van der Waals surface area contributed by atoms with Gasteiger partial charge in [-0.1, -0.05) is 6.07 Å². The molecule has 0 aromatic heterocycles. The van der Waals surface area contributed by atoms with Crippen LogP contribution in [0.2, 0.25) is 0 Å². The molecule has 1 aromatic rings. The van der Waals surface area contributed by atoms with Crippen molar-refractivity contribution in [2.45, 2.75) is 31.3 Å². The second-order valence-corrected chi connectivity index (χ2v) is 7.78. The second kappa shape index (κ2) is 8.88. The van der Waals surface area contributed by atoms with Crippen molar-refractivity contribution >= 4 is 28.3 Å². The Labute approximate surface area is 152 Å². The molecule has 0 bridgehead atoms. The number of halogens is 3. The van der Waals surface area contributed by atoms with Crippen molar-refractivity contribution < 1.29 is 22.0 Å². The molecule has 1 fully saturated rings. The molecule has 25 heavy (non-hydrogen) atoms. The monoisotopic (exact) mass is 397 g/mol. The number of amides is 1. The van der Waals surface area contributed by atoms with E-state index in [1.54, 1.807) is 0 Å². The first kappa shape index (κ1) is 21.8. The summed E-state index contributed by atoms with van der Waals surface area (Å²) in [6.07, 6.45) is 1.62. The highest BCUT2D eigenvalue weighted by Gasteiger charge is 2.30. The van der Waals surface area contributed by atoms with Crippen molar-refractivity contribution in [2.75, 3.05) is 19.3 Å². The van der Waals surface area contributed by atoms with Gasteiger partial charge in [0.2, 0.25) is 15.9 Å². The minimum absolute atomic E-state index is 0. The van der Waals surface area contributed by atoms with Crippen LogP contribution in [-0.4, -0.2) is 45.8 Å². The van der Waals surface area contributed by atoms with E-state index in [9.17, 15) is 22.0 Å². The Balaban J connectivity index is 0.00000312. The number of piperidine rings is 1. The maximum Gasteiger partial charge on any atom is 0.238 e. The lowest BCUT2D eigenvalue weighted by Crippen LogP contribution is -2.54. The van der Waals surface area contributed by atoms with Gasteiger partial charge in [-0.15, -0.1) is 12.4 Å². The number of rotatable bonds is 5. The fourth-order valence-electron chi connectivity index (χ4n) is 2.83. The smallest absolute Gasteiger partial charge is 0.238 e. The van der Waals surface area contributed by atoms with Gasteiger partial charge in [-0.2, -0.15) is 0 Å². The predicted octanol–water partition coefficient (Wildman–Crippen LogP) is 0.886. The molecule has 0 saturated carbocycles. The van der Waals surface area contributed by atoms with Crippen molar-refractivity contribution in [3.63, 3.8) is 0 Å². The summed E-state index contributed by atoms with van der Waals surface area (Å²) in [7, 11) is -3.50. The molecule has 0 spiro atoms. The molecule has 2 rings (SSSR count). The highest BCUT2D eigenvalue weighted by atomic mass is 35.5. The zero-order chi connectivity index (χ0) is 17.9. The molecule has 0 aliphatic carbocycles. The Bertz CT molecular complexity index is 718. The Morgan fingerprint density at radius 2 is 2.00 bits per heavy atom. The Kier molecular flexibility index (Phi) is 7.73. The highest BCUT2D eigenvalue weighted by molar-refractivity contribution is 7.88. The molecule has 3 N–H and O–H groups in total. The molecule has 10 heteroatoms. The lowest BCUT2D eigenvalue weighted by atomic mass is 9.86. The SMILES string of the molecule is CC(NS(C)(=O)=O)C(=O)NC1CNCCC1c1ccc(F)c(F)c1.Cl. The minimum atomic E-state index is -3.50. The number of hydrogen-bond acceptors (Lipinski definition) is 4. The van der Waals surface area contributed by atoms with E-state index in [0.717, 1.165) is 18.4 Å². The fraction of sp³-hybridized carbons (Fsp3) is 0.533. The van der Waals surface area contributed by atoms with Crippen LogP contribution in [0, 0.1) is 11.6 Å². The van der Waals surface area contributed by atoms with Gasteiger partial charge in [-0.05, 0) is 37.6 Å². The summed E-state index contributed by atoms with van der Waals surface area (Å²) >= 11 is 0. The molecule has 1 aromatic carbocycles. The van der Waals surface area contributed by atoms with E-state index in [0.29, 0.717) is 25.1 Å². The number of nitrogens with one attached hydrogen (secondary N) is 3. The quantitative estimate of drug-likeness (QED) is 0.688. The first-order valence-electron chi connectivity index (χ1n) is 7.60. The van der Waals surface area contributed by atoms with Crippen LogP contribution in [0.4, 0.5) is 8.78 Å². The summed E-state index contributed by atoms with van der Waals surface area (Å²) in [5, 5.41) is 5.91. The molecule has 3 unspecified atom stereocenters. The van der Waals surface area contributed by atoms with E-state index < -0.39 is 33.6 Å². The minimum Gasteiger partial charge on any atom is -0.350 e. The second-order valence-electron chi connectivity index (χ2n) is 6.00. The van der Waals surface area contributed by atoms with Gasteiger partial charge in [0.25, 0.3) is 0 Å². The molecule has 0 radical (unpaired) electrons. The summed E-state index contributed by atoms with van der Waals surface area (Å²) < 4.78 is 51.2. The van der Waals surface area contributed by atoms with Gasteiger partial charge in [0, 0.05) is 18.5 Å². The number of benzene rings is 1. The van der Waals surface area contributed by atoms with Gasteiger partial charge in [0.05, 0.1) is 12.3 Å². The summed E-state index contributed by atoms with van der Waals surface area (Å²) in [5.74, 6) is -2.50. The van der Waals surface area contributed by atoms with Crippen LogP contribution in [0.1, 0.15) is 24.8 Å². The fourth-order valence-corrected chi connectivity index (χ4v) is 3.58. The van der Waals surface area contributed by atoms with Gasteiger partial charge in [0.15, 0.2) is 11.6 Å². The maximum absolute atomic E-state index is 13.5. The van der Waals surface area contributed by atoms with Gasteiger partial charge >= 0.3 is 0 Å². The van der Waals surface area contributed by atoms with Crippen LogP contribution in [0.5, 0.6) is 0 Å². The lowest BCUT2D eigenvalue weighted by molar-refractivity contribution is -0.123. The van der Waals surface area contributed by atoms with Crippen molar-refractivity contribution in [3.05, 3.63) is 35.4 Å². The standard InChI is InChI=1S/C15H21F2N3O3S.ClH/c1-9(20-24(2,22)23)15(21)19-14-8-18-6-5-11(14)10-3-4-12(16)13(17)7-10;/h3-4,7,9,11,14,18,20H,5-6,8H2,1-2H3,(H,19,21);1H. The molecule has 1 heterocycles. The number of hydrogen-bond donors (Lipinski definition) is 3. The first-order valence-corrected chi connectivity index (χ1v) is 9.50. The average Bonchev–Trinajstić information content (AvgIpc) is 2.49. The Morgan fingerprint density at radius 3 is 2.60 bits per heavy atom. The van der Waals surface area contributed by atoms with E-state index in [4.69, 9.17) is 0 Å². The van der Waals surface area contributed by atoms with E-state index in [1.165, 1.54) is 13.0 Å². The summed E-state index contributed by atoms with van der Waals surface area (Å²) in [4.78, 5) is 12.2. The normalized spacial score (nSPS) is 21.9. The third-order valence-corrected chi connectivity index (χ3v) is 4.75. The Hall–Kier alpha value is -1.29. The van der Waals surface area contributed by atoms with Gasteiger partial charge in [0.1, 0.15) is 0 Å². The number of carbonyl (C=O) groups excluding carboxylic acids is 1. The summed E-state index contributed by atoms with van der Waals surface area (Å²) in [6, 6.07) is 2.45. The van der Waals surface area contributed by atoms with Gasteiger partial charge in [-0.25, -0.2) is 21.9 Å². The highest BCUT2D eigenvalue weighted by Crippen LogP contribution is 2.27. The van der Waals surface area contributed by atoms with Crippen LogP contribution in [-0.2, 0) is 14.8 Å². The molecule has 142 valence electrons. The van der Waals surface area contributed by atoms with E-state index in [1.807, 2.05) is 0 Å². The predicted molar refractivity (Wildman–Crippen MR) is 93.2 cm³/mol. The third kappa shape index (κ3) is 6.18. The van der Waals surface area contributed by atoms with E-state index >= 15 is 0 Å². The zero-order valence-electron chi connectivity index (χ0n) is 13.9. The molecule has 1 aliphatic rings. The van der Waals surface area contributed by atoms with E-state index in [-0.39, 0.29) is 24.4 Å². The van der Waals surface area contributed by atoms with Crippen LogP contribution in [0.25, 0.3) is 0 Å². The van der Waals surface area contributed by atoms with E-state index in [2.05, 4.69) is 15.4 Å². The van der Waals surface area contributed by atoms with Crippen molar-refractivity contribution in [2.24, 2.45) is 0 Å². The van der Waals surface area contributed by atoms with Crippen LogP contribution in [0.3, 0.4) is 0 Å². The molecule has 1 aliphatic heterocycles. The van der Waals surface area contributed by atoms with Crippen molar-refractivity contribution in [1.29, 1.82) is 0 Å². The van der Waals surface area contributed by atoms with Crippen LogP contribution in [0.15, 0.2) is 18.2 Å². The van der Waals surface area contributed by atoms with Crippen LogP contribution >= 0.6 is 12.4 Å². The number of sulfonamides is 1. The number of carbonyl (C=O) groups is 1. The largest absolute Gasteiger partial charge is 0.350 e. The topological polar surface area (TPSA) is 87.3 Å². The van der Waals surface area contributed by atoms with Crippen molar-refractivity contribution in [3.8, 4) is 0 Å². The third-order valence-electron chi connectivity index (χ3n) is 3.97. The van der Waals surface area contributed by atoms with Gasteiger partial charge in [-0.3, -0.25) is 4.79 Å². The molecular weight excluding hydrogens is 376 g/mol. The summed E-state index contributed by atoms with van der Waals surface area (Å²) in [5.41, 5.74) is 0.601. The van der Waals surface area contributed by atoms with Crippen LogP contribution < -0.4 is 15.4 Å². The molecule has 3 atom stereocenters. The average molecular weight is 398 g/mol. The Morgan fingerprint density at radius 1 is 1.32 bits per heavy atom.